The predicted octanol–water partition coefficient (Wildman–Crippen LogP) is 5.46. The monoisotopic (exact) mass is 557 g/mol. The van der Waals surface area contributed by atoms with Crippen LogP contribution in [0.5, 0.6) is 11.5 Å². The minimum atomic E-state index is -4.83. The summed E-state index contributed by atoms with van der Waals surface area (Å²) in [6.45, 7) is 0. The van der Waals surface area contributed by atoms with E-state index in [-0.39, 0.29) is 33.9 Å². The molecule has 0 bridgehead atoms. The first kappa shape index (κ1) is 26.6. The third-order valence-electron chi connectivity index (χ3n) is 5.22. The van der Waals surface area contributed by atoms with Crippen LogP contribution < -0.4 is 10.5 Å². The number of nitrogens with two attached hydrogens (primary N) is 1. The van der Waals surface area contributed by atoms with Gasteiger partial charge < -0.3 is 15.6 Å². The van der Waals surface area contributed by atoms with Gasteiger partial charge in [-0.3, -0.25) is 9.11 Å². The predicted molar refractivity (Wildman–Crippen MR) is 137 cm³/mol. The van der Waals surface area contributed by atoms with Crippen LogP contribution in [0.2, 0.25) is 0 Å². The van der Waals surface area contributed by atoms with E-state index in [1.54, 1.807) is 0 Å². The van der Waals surface area contributed by atoms with E-state index in [2.05, 4.69) is 20.5 Å². The molecule has 38 heavy (non-hydrogen) atoms. The van der Waals surface area contributed by atoms with Crippen LogP contribution in [0.1, 0.15) is 0 Å². The highest BCUT2D eigenvalue weighted by Gasteiger charge is 2.21. The lowest BCUT2D eigenvalue weighted by Crippen LogP contribution is -1.99. The Bertz CT molecular complexity index is 1820. The number of benzene rings is 4. The summed E-state index contributed by atoms with van der Waals surface area (Å²) < 4.78 is 72.0. The molecule has 0 spiro atoms. The molecule has 15 heteroatoms. The first-order valence-corrected chi connectivity index (χ1v) is 13.4. The van der Waals surface area contributed by atoms with Crippen LogP contribution >= 0.6 is 0 Å². The van der Waals surface area contributed by atoms with Crippen LogP contribution in [0.3, 0.4) is 0 Å². The molecule has 13 nitrogen and oxygen atoms in total. The minimum Gasteiger partial charge on any atom is -0.508 e. The Hall–Kier alpha value is -4.44. The standard InChI is InChI=1S/C23H19N5O8S2/c1-36-22-11-21(23(38(33,34)35)12-20(22)27-25-13-2-4-14(29)5-3-13)28-26-19-9-8-18(24)16-7-6-15(10-17(16)19)37(30,31)32/h2-12,29H,24H2,1H3,(H,30,31,32)(H,33,34,35). The van der Waals surface area contributed by atoms with Gasteiger partial charge in [0.15, 0.2) is 0 Å². The first-order chi connectivity index (χ1) is 17.9. The van der Waals surface area contributed by atoms with Gasteiger partial charge in [0.05, 0.1) is 23.4 Å². The number of nitrogens with zero attached hydrogens (tertiary/aromatic N) is 4. The molecule has 0 radical (unpaired) electrons. The second-order valence-corrected chi connectivity index (χ2v) is 10.6. The van der Waals surface area contributed by atoms with Gasteiger partial charge in [-0.05, 0) is 54.6 Å². The largest absolute Gasteiger partial charge is 0.508 e. The number of ether oxygens (including phenoxy) is 1. The van der Waals surface area contributed by atoms with Crippen molar-refractivity contribution in [1.82, 2.24) is 0 Å². The van der Waals surface area contributed by atoms with Gasteiger partial charge >= 0.3 is 0 Å². The molecule has 0 atom stereocenters. The van der Waals surface area contributed by atoms with Crippen LogP contribution in [0.4, 0.5) is 28.4 Å². The van der Waals surface area contributed by atoms with Gasteiger partial charge in [0, 0.05) is 22.5 Å². The van der Waals surface area contributed by atoms with Crippen molar-refractivity contribution in [3.8, 4) is 11.5 Å². The average molecular weight is 558 g/mol. The van der Waals surface area contributed by atoms with Crippen molar-refractivity contribution in [2.24, 2.45) is 20.5 Å². The Labute approximate surface area is 216 Å². The highest BCUT2D eigenvalue weighted by molar-refractivity contribution is 7.86. The second kappa shape index (κ2) is 10.1. The Morgan fingerprint density at radius 1 is 0.711 bits per heavy atom. The number of phenolic OH excluding ortho intramolecular Hbond substituents is 1. The maximum absolute atomic E-state index is 12.1. The summed E-state index contributed by atoms with van der Waals surface area (Å²) in [4.78, 5) is -1.06. The molecule has 0 unspecified atom stereocenters. The Morgan fingerprint density at radius 3 is 2.00 bits per heavy atom. The number of hydrogen-bond acceptors (Lipinski definition) is 11. The van der Waals surface area contributed by atoms with E-state index in [4.69, 9.17) is 10.5 Å². The lowest BCUT2D eigenvalue weighted by molar-refractivity contribution is 0.415. The summed E-state index contributed by atoms with van der Waals surface area (Å²) in [5.74, 6) is 0.0673. The van der Waals surface area contributed by atoms with Crippen LogP contribution in [-0.2, 0) is 20.2 Å². The molecule has 196 valence electrons. The third kappa shape index (κ3) is 5.76. The summed E-state index contributed by atoms with van der Waals surface area (Å²) in [6, 6.07) is 14.5. The smallest absolute Gasteiger partial charge is 0.296 e. The molecule has 5 N–H and O–H groups in total. The zero-order valence-electron chi connectivity index (χ0n) is 19.4. The van der Waals surface area contributed by atoms with E-state index in [9.17, 15) is 31.0 Å². The second-order valence-electron chi connectivity index (χ2n) is 7.74. The fraction of sp³-hybridized carbons (Fsp3) is 0.0435. The van der Waals surface area contributed by atoms with Gasteiger partial charge in [-0.2, -0.15) is 21.9 Å². The van der Waals surface area contributed by atoms with Crippen molar-refractivity contribution in [2.45, 2.75) is 9.79 Å². The zero-order valence-corrected chi connectivity index (χ0v) is 21.0. The Kier molecular flexibility index (Phi) is 7.10. The summed E-state index contributed by atoms with van der Waals surface area (Å²) >= 11 is 0. The van der Waals surface area contributed by atoms with E-state index in [0.29, 0.717) is 16.8 Å². The molecule has 0 aliphatic heterocycles. The number of phenols is 1. The van der Waals surface area contributed by atoms with Crippen LogP contribution in [0.25, 0.3) is 10.8 Å². The number of fused-ring (bicyclic) bond motifs is 1. The molecule has 0 aliphatic carbocycles. The molecule has 0 saturated carbocycles. The molecular formula is C23H19N5O8S2. The molecule has 4 aromatic rings. The quantitative estimate of drug-likeness (QED) is 0.129. The van der Waals surface area contributed by atoms with E-state index in [1.165, 1.54) is 61.7 Å². The van der Waals surface area contributed by atoms with Crippen molar-refractivity contribution in [3.63, 3.8) is 0 Å². The number of rotatable bonds is 7. The molecule has 4 aromatic carbocycles. The maximum Gasteiger partial charge on any atom is 0.296 e. The molecule has 0 aromatic heterocycles. The van der Waals surface area contributed by atoms with E-state index < -0.39 is 30.0 Å². The molecule has 0 heterocycles. The number of nitrogen functional groups attached to an aromatic ring is 1. The summed E-state index contributed by atoms with van der Waals surface area (Å²) in [7, 11) is -8.06. The molecule has 0 aliphatic rings. The van der Waals surface area contributed by atoms with Crippen LogP contribution in [0.15, 0.2) is 97.0 Å². The Balaban J connectivity index is 1.83. The van der Waals surface area contributed by atoms with Crippen molar-refractivity contribution in [1.29, 1.82) is 0 Å². The summed E-state index contributed by atoms with van der Waals surface area (Å²) in [5.41, 5.74) is 6.33. The zero-order chi connectivity index (χ0) is 27.7. The number of aromatic hydroxyl groups is 1. The van der Waals surface area contributed by atoms with E-state index >= 15 is 0 Å². The van der Waals surface area contributed by atoms with Gasteiger partial charge in [-0.25, -0.2) is 0 Å². The van der Waals surface area contributed by atoms with Gasteiger partial charge in [0.2, 0.25) is 0 Å². The number of anilines is 1. The minimum absolute atomic E-state index is 0.0213. The van der Waals surface area contributed by atoms with E-state index in [1.807, 2.05) is 0 Å². The van der Waals surface area contributed by atoms with Crippen molar-refractivity contribution >= 4 is 59.4 Å². The topological polar surface area (TPSA) is 214 Å². The average Bonchev–Trinajstić information content (AvgIpc) is 2.86. The Morgan fingerprint density at radius 2 is 1.37 bits per heavy atom. The maximum atomic E-state index is 12.1. The van der Waals surface area contributed by atoms with Gasteiger partial charge in [0.25, 0.3) is 20.2 Å². The normalized spacial score (nSPS) is 12.5. The van der Waals surface area contributed by atoms with Crippen molar-refractivity contribution in [3.05, 3.63) is 66.7 Å². The number of azo groups is 2. The fourth-order valence-electron chi connectivity index (χ4n) is 3.39. The SMILES string of the molecule is COc1cc(N=Nc2ccc(N)c3ccc(S(=O)(=O)O)cc23)c(S(=O)(=O)O)cc1N=Nc1ccc(O)cc1. The van der Waals surface area contributed by atoms with Crippen LogP contribution in [-0.4, -0.2) is 38.2 Å². The molecule has 0 saturated heterocycles. The van der Waals surface area contributed by atoms with Crippen molar-refractivity contribution < 1.29 is 35.8 Å². The third-order valence-corrected chi connectivity index (χ3v) is 6.96. The molecule has 4 rings (SSSR count). The number of hydrogen-bond donors (Lipinski definition) is 4. The van der Waals surface area contributed by atoms with Crippen LogP contribution in [0, 0.1) is 0 Å². The fourth-order valence-corrected chi connectivity index (χ4v) is 4.52. The highest BCUT2D eigenvalue weighted by Crippen LogP contribution is 2.40. The van der Waals surface area contributed by atoms with Gasteiger partial charge in [-0.1, -0.05) is 6.07 Å². The summed E-state index contributed by atoms with van der Waals surface area (Å²) in [5, 5.41) is 25.9. The highest BCUT2D eigenvalue weighted by atomic mass is 32.2. The molecule has 0 fully saturated rings. The lowest BCUT2D eigenvalue weighted by atomic mass is 10.1. The van der Waals surface area contributed by atoms with Gasteiger partial charge in [0.1, 0.15) is 27.8 Å². The van der Waals surface area contributed by atoms with Gasteiger partial charge in [-0.15, -0.1) is 15.3 Å². The summed E-state index contributed by atoms with van der Waals surface area (Å²) in [6.07, 6.45) is 0. The van der Waals surface area contributed by atoms with Crippen molar-refractivity contribution in [2.75, 3.05) is 12.8 Å². The molecular weight excluding hydrogens is 538 g/mol. The lowest BCUT2D eigenvalue weighted by Gasteiger charge is -2.09. The van der Waals surface area contributed by atoms with E-state index in [0.717, 1.165) is 12.1 Å². The number of methoxy groups -OCH3 is 1. The molecule has 0 amide bonds. The first-order valence-electron chi connectivity index (χ1n) is 10.5.